The fourth-order valence-corrected chi connectivity index (χ4v) is 3.08. The van der Waals surface area contributed by atoms with Crippen LogP contribution in [0.15, 0.2) is 47.4 Å². The number of hydrogen-bond acceptors (Lipinski definition) is 3. The molecule has 0 bridgehead atoms. The minimum Gasteiger partial charge on any atom is -0.383 e. The Morgan fingerprint density at radius 1 is 1.06 bits per heavy atom. The monoisotopic (exact) mass is 256 g/mol. The Hall–Kier alpha value is -1.45. The summed E-state index contributed by atoms with van der Waals surface area (Å²) in [6.45, 7) is 1.66. The van der Waals surface area contributed by atoms with E-state index in [1.54, 1.807) is 0 Å². The second-order valence-electron chi connectivity index (χ2n) is 4.39. The summed E-state index contributed by atoms with van der Waals surface area (Å²) in [6, 6.07) is 15.1. The Balaban J connectivity index is 1.95. The Bertz CT molecular complexity index is 549. The minimum atomic E-state index is 0.601. The number of thioether (sulfide) groups is 1. The van der Waals surface area contributed by atoms with Gasteiger partial charge >= 0.3 is 0 Å². The molecule has 0 fully saturated rings. The van der Waals surface area contributed by atoms with Gasteiger partial charge in [0.05, 0.1) is 0 Å². The normalized spacial score (nSPS) is 13.8. The lowest BCUT2D eigenvalue weighted by atomic mass is 10.0. The molecule has 0 aromatic heterocycles. The lowest BCUT2D eigenvalue weighted by molar-refractivity contribution is 1.07. The van der Waals surface area contributed by atoms with Gasteiger partial charge in [-0.15, -0.1) is 11.8 Å². The van der Waals surface area contributed by atoms with Crippen LogP contribution in [0.25, 0.3) is 11.1 Å². The minimum absolute atomic E-state index is 0.601. The predicted molar refractivity (Wildman–Crippen MR) is 79.0 cm³/mol. The zero-order chi connectivity index (χ0) is 12.4. The summed E-state index contributed by atoms with van der Waals surface area (Å²) < 4.78 is 0. The van der Waals surface area contributed by atoms with Crippen LogP contribution in [0.1, 0.15) is 5.56 Å². The first-order valence-electron chi connectivity index (χ1n) is 6.17. The highest BCUT2D eigenvalue weighted by Crippen LogP contribution is 2.34. The maximum absolute atomic E-state index is 5.62. The van der Waals surface area contributed by atoms with E-state index < -0.39 is 0 Å². The number of nitrogens with one attached hydrogen (secondary N) is 1. The van der Waals surface area contributed by atoms with E-state index in [0.717, 1.165) is 12.3 Å². The molecule has 0 radical (unpaired) electrons. The summed E-state index contributed by atoms with van der Waals surface area (Å²) in [4.78, 5) is 1.35. The number of fused-ring (bicyclic) bond motifs is 1. The molecule has 0 aliphatic carbocycles. The van der Waals surface area contributed by atoms with Crippen molar-refractivity contribution in [2.75, 3.05) is 17.6 Å². The molecule has 0 saturated heterocycles. The maximum Gasteiger partial charge on any atom is 0.0479 e. The highest BCUT2D eigenvalue weighted by Gasteiger charge is 2.09. The SMILES string of the molecule is NCc1ccc(-c2ccc3c(c2)SCCN3)cc1. The molecule has 2 aromatic carbocycles. The Kier molecular flexibility index (Phi) is 3.26. The van der Waals surface area contributed by atoms with Crippen molar-refractivity contribution in [1.29, 1.82) is 0 Å². The van der Waals surface area contributed by atoms with Crippen molar-refractivity contribution >= 4 is 17.4 Å². The highest BCUT2D eigenvalue weighted by molar-refractivity contribution is 7.99. The Morgan fingerprint density at radius 2 is 1.83 bits per heavy atom. The Labute approximate surface area is 112 Å². The molecule has 0 unspecified atom stereocenters. The molecule has 3 rings (SSSR count). The van der Waals surface area contributed by atoms with Gasteiger partial charge in [0.2, 0.25) is 0 Å². The largest absolute Gasteiger partial charge is 0.383 e. The molecule has 1 aliphatic rings. The van der Waals surface area contributed by atoms with Crippen molar-refractivity contribution in [3.63, 3.8) is 0 Å². The van der Waals surface area contributed by atoms with Crippen LogP contribution in [-0.2, 0) is 6.54 Å². The van der Waals surface area contributed by atoms with Gasteiger partial charge in [-0.25, -0.2) is 0 Å². The van der Waals surface area contributed by atoms with E-state index in [-0.39, 0.29) is 0 Å². The molecule has 18 heavy (non-hydrogen) atoms. The summed E-state index contributed by atoms with van der Waals surface area (Å²) in [6.07, 6.45) is 0. The van der Waals surface area contributed by atoms with Gasteiger partial charge in [-0.1, -0.05) is 30.3 Å². The van der Waals surface area contributed by atoms with E-state index in [1.807, 2.05) is 11.8 Å². The molecule has 1 aliphatic heterocycles. The first-order chi connectivity index (χ1) is 8.86. The number of hydrogen-bond donors (Lipinski definition) is 2. The number of nitrogens with two attached hydrogens (primary N) is 1. The molecule has 2 nitrogen and oxygen atoms in total. The van der Waals surface area contributed by atoms with Crippen molar-refractivity contribution < 1.29 is 0 Å². The van der Waals surface area contributed by atoms with E-state index in [1.165, 1.54) is 27.3 Å². The first-order valence-corrected chi connectivity index (χ1v) is 7.15. The fourth-order valence-electron chi connectivity index (χ4n) is 2.15. The third-order valence-corrected chi connectivity index (χ3v) is 4.24. The average molecular weight is 256 g/mol. The van der Waals surface area contributed by atoms with Crippen molar-refractivity contribution in [1.82, 2.24) is 0 Å². The lowest BCUT2D eigenvalue weighted by Gasteiger charge is -2.18. The van der Waals surface area contributed by atoms with Gasteiger partial charge in [-0.2, -0.15) is 0 Å². The lowest BCUT2D eigenvalue weighted by Crippen LogP contribution is -2.09. The van der Waals surface area contributed by atoms with E-state index in [0.29, 0.717) is 6.54 Å². The zero-order valence-electron chi connectivity index (χ0n) is 10.1. The molecule has 2 aromatic rings. The van der Waals surface area contributed by atoms with Crippen molar-refractivity contribution in [3.05, 3.63) is 48.0 Å². The average Bonchev–Trinajstić information content (AvgIpc) is 2.47. The third kappa shape index (κ3) is 2.24. The maximum atomic E-state index is 5.62. The van der Waals surface area contributed by atoms with Crippen LogP contribution in [0, 0.1) is 0 Å². The van der Waals surface area contributed by atoms with Crippen LogP contribution >= 0.6 is 11.8 Å². The van der Waals surface area contributed by atoms with Crippen molar-refractivity contribution in [2.24, 2.45) is 5.73 Å². The fraction of sp³-hybridized carbons (Fsp3) is 0.200. The number of rotatable bonds is 2. The molecule has 1 heterocycles. The molecular formula is C15H16N2S. The number of benzene rings is 2. The van der Waals surface area contributed by atoms with Gasteiger partial charge in [0, 0.05) is 29.4 Å². The summed E-state index contributed by atoms with van der Waals surface area (Å²) in [7, 11) is 0. The quantitative estimate of drug-likeness (QED) is 0.865. The molecular weight excluding hydrogens is 240 g/mol. The molecule has 0 spiro atoms. The predicted octanol–water partition coefficient (Wildman–Crippen LogP) is 3.33. The standard InChI is InChI=1S/C15H16N2S/c16-10-11-1-3-12(4-2-11)13-5-6-14-15(9-13)18-8-7-17-14/h1-6,9,17H,7-8,10,16H2. The molecule has 0 amide bonds. The molecule has 92 valence electrons. The molecule has 3 N–H and O–H groups in total. The third-order valence-electron chi connectivity index (χ3n) is 3.18. The van der Waals surface area contributed by atoms with Crippen LogP contribution in [0.2, 0.25) is 0 Å². The smallest absolute Gasteiger partial charge is 0.0479 e. The highest BCUT2D eigenvalue weighted by atomic mass is 32.2. The zero-order valence-corrected chi connectivity index (χ0v) is 11.0. The Morgan fingerprint density at radius 3 is 2.61 bits per heavy atom. The van der Waals surface area contributed by atoms with Crippen LogP contribution in [-0.4, -0.2) is 12.3 Å². The van der Waals surface area contributed by atoms with E-state index in [9.17, 15) is 0 Å². The van der Waals surface area contributed by atoms with Gasteiger partial charge in [-0.3, -0.25) is 0 Å². The van der Waals surface area contributed by atoms with E-state index in [4.69, 9.17) is 5.73 Å². The second-order valence-corrected chi connectivity index (χ2v) is 5.52. The van der Waals surface area contributed by atoms with Gasteiger partial charge < -0.3 is 11.1 Å². The van der Waals surface area contributed by atoms with Crippen molar-refractivity contribution in [3.8, 4) is 11.1 Å². The van der Waals surface area contributed by atoms with Crippen LogP contribution in [0.4, 0.5) is 5.69 Å². The van der Waals surface area contributed by atoms with E-state index in [2.05, 4.69) is 47.8 Å². The van der Waals surface area contributed by atoms with Gasteiger partial charge in [0.1, 0.15) is 0 Å². The van der Waals surface area contributed by atoms with Crippen LogP contribution < -0.4 is 11.1 Å². The van der Waals surface area contributed by atoms with Crippen LogP contribution in [0.3, 0.4) is 0 Å². The van der Waals surface area contributed by atoms with Gasteiger partial charge in [-0.05, 0) is 28.8 Å². The summed E-state index contributed by atoms with van der Waals surface area (Å²) in [5.74, 6) is 1.14. The summed E-state index contributed by atoms with van der Waals surface area (Å²) in [5, 5.41) is 3.42. The summed E-state index contributed by atoms with van der Waals surface area (Å²) >= 11 is 1.92. The topological polar surface area (TPSA) is 38.0 Å². The van der Waals surface area contributed by atoms with E-state index >= 15 is 0 Å². The van der Waals surface area contributed by atoms with Gasteiger partial charge in [0.15, 0.2) is 0 Å². The van der Waals surface area contributed by atoms with Crippen LogP contribution in [0.5, 0.6) is 0 Å². The molecule has 3 heteroatoms. The summed E-state index contributed by atoms with van der Waals surface area (Å²) in [5.41, 5.74) is 10.6. The first kappa shape index (κ1) is 11.6. The molecule has 0 saturated carbocycles. The van der Waals surface area contributed by atoms with Crippen molar-refractivity contribution in [2.45, 2.75) is 11.4 Å². The van der Waals surface area contributed by atoms with Gasteiger partial charge in [0.25, 0.3) is 0 Å². The molecule has 0 atom stereocenters. The number of anilines is 1. The second kappa shape index (κ2) is 5.04.